The van der Waals surface area contributed by atoms with Gasteiger partial charge in [-0.2, -0.15) is 0 Å². The fraction of sp³-hybridized carbons (Fsp3) is 0.381. The molecule has 7 heteroatoms. The maximum atomic E-state index is 13.3. The minimum Gasteiger partial charge on any atom is -0.486 e. The van der Waals surface area contributed by atoms with Gasteiger partial charge in [-0.1, -0.05) is 24.2 Å². The van der Waals surface area contributed by atoms with E-state index in [9.17, 15) is 4.79 Å². The van der Waals surface area contributed by atoms with Gasteiger partial charge in [0.1, 0.15) is 13.2 Å². The molecule has 0 aliphatic carbocycles. The van der Waals surface area contributed by atoms with Crippen molar-refractivity contribution in [2.75, 3.05) is 19.8 Å². The summed E-state index contributed by atoms with van der Waals surface area (Å²) >= 11 is 0. The van der Waals surface area contributed by atoms with Crippen molar-refractivity contribution in [2.24, 2.45) is 0 Å². The summed E-state index contributed by atoms with van der Waals surface area (Å²) in [5.74, 6) is 1.48. The van der Waals surface area contributed by atoms with Crippen molar-refractivity contribution in [1.29, 1.82) is 0 Å². The zero-order valence-corrected chi connectivity index (χ0v) is 15.7. The summed E-state index contributed by atoms with van der Waals surface area (Å²) < 4.78 is 16.8. The van der Waals surface area contributed by atoms with E-state index in [2.05, 4.69) is 10.1 Å². The zero-order chi connectivity index (χ0) is 19.1. The molecule has 3 aromatic rings. The van der Waals surface area contributed by atoms with Crippen molar-refractivity contribution >= 4 is 17.0 Å². The van der Waals surface area contributed by atoms with Crippen LogP contribution in [0.3, 0.4) is 0 Å². The van der Waals surface area contributed by atoms with Crippen LogP contribution in [0.2, 0.25) is 0 Å². The highest BCUT2D eigenvalue weighted by Gasteiger charge is 2.34. The summed E-state index contributed by atoms with van der Waals surface area (Å²) in [5, 5.41) is 4.83. The number of aryl methyl sites for hydroxylation is 1. The number of hydrogen-bond donors (Lipinski definition) is 0. The number of hydrogen-bond acceptors (Lipinski definition) is 6. The largest absolute Gasteiger partial charge is 0.486 e. The Hall–Kier alpha value is -3.09. The SMILES string of the molecule is CCc1noc2ncc(C(=O)N3CCCC3c3cccc4c3OCCO4)cc12. The Balaban J connectivity index is 1.50. The lowest BCUT2D eigenvalue weighted by atomic mass is 10.0. The van der Waals surface area contributed by atoms with Crippen molar-refractivity contribution < 1.29 is 18.8 Å². The minimum absolute atomic E-state index is 0.0329. The lowest BCUT2D eigenvalue weighted by Gasteiger charge is -2.29. The number of fused-ring (bicyclic) bond motifs is 2. The average Bonchev–Trinajstić information content (AvgIpc) is 3.39. The maximum Gasteiger partial charge on any atom is 0.257 e. The van der Waals surface area contributed by atoms with Gasteiger partial charge in [-0.15, -0.1) is 0 Å². The fourth-order valence-electron chi connectivity index (χ4n) is 4.11. The van der Waals surface area contributed by atoms with Crippen LogP contribution in [0, 0.1) is 0 Å². The molecule has 2 aliphatic rings. The molecule has 7 nitrogen and oxygen atoms in total. The molecule has 0 spiro atoms. The molecule has 0 bridgehead atoms. The second kappa shape index (κ2) is 6.82. The van der Waals surface area contributed by atoms with Crippen LogP contribution in [-0.2, 0) is 6.42 Å². The number of carbonyl (C=O) groups is 1. The first-order valence-corrected chi connectivity index (χ1v) is 9.70. The number of pyridine rings is 1. The highest BCUT2D eigenvalue weighted by molar-refractivity contribution is 5.97. The first-order chi connectivity index (χ1) is 13.8. The Kier molecular flexibility index (Phi) is 4.15. The Bertz CT molecular complexity index is 1050. The standard InChI is InChI=1S/C21H21N3O4/c1-2-16-15-11-13(12-22-20(15)28-23-16)21(25)24-8-4-6-17(24)14-5-3-7-18-19(14)27-10-9-26-18/h3,5,7,11-12,17H,2,4,6,8-10H2,1H3. The summed E-state index contributed by atoms with van der Waals surface area (Å²) in [6.07, 6.45) is 4.15. The second-order valence-corrected chi connectivity index (χ2v) is 7.09. The number of benzene rings is 1. The normalized spacial score (nSPS) is 18.6. The summed E-state index contributed by atoms with van der Waals surface area (Å²) in [6.45, 7) is 3.78. The van der Waals surface area contributed by atoms with E-state index < -0.39 is 0 Å². The third-order valence-corrected chi connectivity index (χ3v) is 5.46. The smallest absolute Gasteiger partial charge is 0.257 e. The topological polar surface area (TPSA) is 77.7 Å². The van der Waals surface area contributed by atoms with Gasteiger partial charge in [0.2, 0.25) is 0 Å². The van der Waals surface area contributed by atoms with Crippen LogP contribution in [-0.4, -0.2) is 40.7 Å². The number of ether oxygens (including phenoxy) is 2. The van der Waals surface area contributed by atoms with Gasteiger partial charge in [-0.05, 0) is 31.4 Å². The molecule has 2 aromatic heterocycles. The van der Waals surface area contributed by atoms with Crippen molar-refractivity contribution in [1.82, 2.24) is 15.0 Å². The molecule has 0 N–H and O–H groups in total. The number of amides is 1. The van der Waals surface area contributed by atoms with Gasteiger partial charge < -0.3 is 18.9 Å². The van der Waals surface area contributed by atoms with Crippen LogP contribution in [0.5, 0.6) is 11.5 Å². The van der Waals surface area contributed by atoms with E-state index in [-0.39, 0.29) is 11.9 Å². The molecule has 0 saturated carbocycles. The quantitative estimate of drug-likeness (QED) is 0.693. The van der Waals surface area contributed by atoms with Gasteiger partial charge in [-0.25, -0.2) is 4.98 Å². The van der Waals surface area contributed by atoms with E-state index in [1.807, 2.05) is 36.1 Å². The lowest BCUT2D eigenvalue weighted by Crippen LogP contribution is -2.31. The second-order valence-electron chi connectivity index (χ2n) is 7.09. The van der Waals surface area contributed by atoms with Gasteiger partial charge in [0.15, 0.2) is 11.5 Å². The molecular formula is C21H21N3O4. The molecule has 1 saturated heterocycles. The Morgan fingerprint density at radius 1 is 1.29 bits per heavy atom. The molecule has 1 atom stereocenters. The molecule has 0 radical (unpaired) electrons. The molecule has 28 heavy (non-hydrogen) atoms. The molecule has 2 aliphatic heterocycles. The highest BCUT2D eigenvalue weighted by Crippen LogP contribution is 2.43. The summed E-state index contributed by atoms with van der Waals surface area (Å²) in [7, 11) is 0. The minimum atomic E-state index is -0.0343. The number of rotatable bonds is 3. The van der Waals surface area contributed by atoms with Crippen LogP contribution in [0.1, 0.15) is 47.4 Å². The number of carbonyl (C=O) groups excluding carboxylic acids is 1. The van der Waals surface area contributed by atoms with Crippen LogP contribution in [0.25, 0.3) is 11.1 Å². The van der Waals surface area contributed by atoms with Gasteiger partial charge in [0.25, 0.3) is 11.6 Å². The van der Waals surface area contributed by atoms with E-state index in [1.54, 1.807) is 6.20 Å². The molecule has 1 unspecified atom stereocenters. The van der Waals surface area contributed by atoms with E-state index in [1.165, 1.54) is 0 Å². The molecule has 1 amide bonds. The van der Waals surface area contributed by atoms with E-state index in [0.29, 0.717) is 31.0 Å². The molecule has 5 rings (SSSR count). The van der Waals surface area contributed by atoms with Crippen LogP contribution < -0.4 is 9.47 Å². The van der Waals surface area contributed by atoms with E-state index in [4.69, 9.17) is 14.0 Å². The Morgan fingerprint density at radius 2 is 2.18 bits per heavy atom. The van der Waals surface area contributed by atoms with E-state index in [0.717, 1.165) is 47.4 Å². The van der Waals surface area contributed by atoms with Crippen LogP contribution >= 0.6 is 0 Å². The van der Waals surface area contributed by atoms with Gasteiger partial charge in [0, 0.05) is 18.3 Å². The van der Waals surface area contributed by atoms with Crippen molar-refractivity contribution in [3.05, 3.63) is 47.3 Å². The molecule has 144 valence electrons. The fourth-order valence-corrected chi connectivity index (χ4v) is 4.11. The third-order valence-electron chi connectivity index (χ3n) is 5.46. The first kappa shape index (κ1) is 17.0. The number of likely N-dealkylation sites (tertiary alicyclic amines) is 1. The third kappa shape index (κ3) is 2.69. The maximum absolute atomic E-state index is 13.3. The lowest BCUT2D eigenvalue weighted by molar-refractivity contribution is 0.0730. The number of aromatic nitrogens is 2. The molecule has 1 aromatic carbocycles. The van der Waals surface area contributed by atoms with Gasteiger partial charge in [-0.3, -0.25) is 4.79 Å². The summed E-state index contributed by atoms with van der Waals surface area (Å²) in [6, 6.07) is 7.71. The zero-order valence-electron chi connectivity index (χ0n) is 15.7. The van der Waals surface area contributed by atoms with Gasteiger partial charge >= 0.3 is 0 Å². The van der Waals surface area contributed by atoms with Gasteiger partial charge in [0.05, 0.1) is 22.7 Å². The van der Waals surface area contributed by atoms with E-state index >= 15 is 0 Å². The molecule has 4 heterocycles. The highest BCUT2D eigenvalue weighted by atomic mass is 16.6. The average molecular weight is 379 g/mol. The predicted molar refractivity (Wildman–Crippen MR) is 102 cm³/mol. The van der Waals surface area contributed by atoms with Crippen LogP contribution in [0.4, 0.5) is 0 Å². The Morgan fingerprint density at radius 3 is 3.07 bits per heavy atom. The monoisotopic (exact) mass is 379 g/mol. The molecule has 1 fully saturated rings. The van der Waals surface area contributed by atoms with Crippen molar-refractivity contribution in [3.8, 4) is 11.5 Å². The van der Waals surface area contributed by atoms with Crippen LogP contribution in [0.15, 0.2) is 35.0 Å². The van der Waals surface area contributed by atoms with Crippen molar-refractivity contribution in [2.45, 2.75) is 32.2 Å². The Labute approximate surface area is 162 Å². The molecular weight excluding hydrogens is 358 g/mol. The summed E-state index contributed by atoms with van der Waals surface area (Å²) in [4.78, 5) is 19.5. The predicted octanol–water partition coefficient (Wildman–Crippen LogP) is 3.53. The summed E-state index contributed by atoms with van der Waals surface area (Å²) in [5.41, 5.74) is 2.85. The number of nitrogens with zero attached hydrogens (tertiary/aromatic N) is 3. The van der Waals surface area contributed by atoms with Crippen molar-refractivity contribution in [3.63, 3.8) is 0 Å². The number of para-hydroxylation sites is 1. The first-order valence-electron chi connectivity index (χ1n) is 9.70.